The fourth-order valence-corrected chi connectivity index (χ4v) is 7.12. The fourth-order valence-electron chi connectivity index (χ4n) is 6.08. The number of halogens is 2. The first-order valence-electron chi connectivity index (χ1n) is 14.2. The number of ether oxygens (including phenoxy) is 2. The first-order valence-corrected chi connectivity index (χ1v) is 16.6. The summed E-state index contributed by atoms with van der Waals surface area (Å²) in [4.78, 5) is 16.6. The number of hydrogen-bond acceptors (Lipinski definition) is 5. The molecule has 2 aromatic carbocycles. The minimum atomic E-state index is -3.47. The summed E-state index contributed by atoms with van der Waals surface area (Å²) in [5.74, 6) is -0.879. The van der Waals surface area contributed by atoms with E-state index in [9.17, 15) is 13.2 Å². The number of piperidine rings is 1. The molecule has 0 aromatic heterocycles. The molecule has 41 heavy (non-hydrogen) atoms. The summed E-state index contributed by atoms with van der Waals surface area (Å²) in [6.07, 6.45) is 3.00. The molecule has 0 N–H and O–H groups in total. The highest BCUT2D eigenvalue weighted by Crippen LogP contribution is 2.53. The summed E-state index contributed by atoms with van der Waals surface area (Å²) in [6, 6.07) is 14.5. The van der Waals surface area contributed by atoms with Gasteiger partial charge in [-0.15, -0.1) is 0 Å². The second-order valence-electron chi connectivity index (χ2n) is 12.2. The van der Waals surface area contributed by atoms with E-state index in [1.54, 1.807) is 19.9 Å². The summed E-state index contributed by atoms with van der Waals surface area (Å²) in [6.45, 7) is 11.4. The van der Waals surface area contributed by atoms with Gasteiger partial charge >= 0.3 is 0 Å². The largest absolute Gasteiger partial charge is 0.348 e. The lowest BCUT2D eigenvalue weighted by atomic mass is 9.66. The molecule has 5 atom stereocenters. The Balaban J connectivity index is 1.88. The molecule has 2 aromatic rings. The molecular weight excluding hydrogens is 581 g/mol. The quantitative estimate of drug-likeness (QED) is 0.287. The Morgan fingerprint density at radius 3 is 2.29 bits per heavy atom. The van der Waals surface area contributed by atoms with E-state index in [2.05, 4.69) is 0 Å². The summed E-state index contributed by atoms with van der Waals surface area (Å²) in [5, 5.41) is 1.93. The molecule has 0 radical (unpaired) electrons. The molecule has 0 bridgehead atoms. The highest BCUT2D eigenvalue weighted by Gasteiger charge is 2.53. The van der Waals surface area contributed by atoms with Crippen LogP contribution >= 0.6 is 23.2 Å². The average molecular weight is 623 g/mol. The Labute approximate surface area is 254 Å². The zero-order chi connectivity index (χ0) is 30.2. The molecule has 2 heterocycles. The van der Waals surface area contributed by atoms with Crippen LogP contribution in [-0.2, 0) is 24.1 Å². The van der Waals surface area contributed by atoms with Gasteiger partial charge in [-0.05, 0) is 82.3 Å². The van der Waals surface area contributed by atoms with E-state index in [0.29, 0.717) is 35.9 Å². The first kappa shape index (κ1) is 32.0. The van der Waals surface area contributed by atoms with Gasteiger partial charge in [0, 0.05) is 26.8 Å². The number of likely N-dealkylation sites (tertiary alicyclic amines) is 1. The predicted molar refractivity (Wildman–Crippen MR) is 165 cm³/mol. The van der Waals surface area contributed by atoms with Crippen LogP contribution in [-0.4, -0.2) is 49.0 Å². The smallest absolute Gasteiger partial charge is 0.229 e. The Morgan fingerprint density at radius 1 is 1.05 bits per heavy atom. The average Bonchev–Trinajstić information content (AvgIpc) is 3.24. The third-order valence-corrected chi connectivity index (χ3v) is 10.6. The van der Waals surface area contributed by atoms with Crippen LogP contribution in [0.1, 0.15) is 83.9 Å². The van der Waals surface area contributed by atoms with E-state index in [1.807, 2.05) is 81.1 Å². The molecule has 2 fully saturated rings. The van der Waals surface area contributed by atoms with Crippen molar-refractivity contribution in [2.45, 2.75) is 95.9 Å². The van der Waals surface area contributed by atoms with Gasteiger partial charge in [0.2, 0.25) is 5.91 Å². The summed E-state index contributed by atoms with van der Waals surface area (Å²) in [7, 11) is -3.47. The normalized spacial score (nSPS) is 27.6. The number of carbonyl (C=O) groups is 1. The fraction of sp³-hybridized carbons (Fsp3) is 0.531. The number of benzene rings is 2. The molecule has 4 rings (SSSR count). The number of amides is 1. The highest BCUT2D eigenvalue weighted by molar-refractivity contribution is 7.94. The van der Waals surface area contributed by atoms with E-state index in [4.69, 9.17) is 32.7 Å². The Hall–Kier alpha value is -1.90. The Morgan fingerprint density at radius 2 is 1.73 bits per heavy atom. The Kier molecular flexibility index (Phi) is 9.66. The maximum Gasteiger partial charge on any atom is 0.229 e. The van der Waals surface area contributed by atoms with E-state index >= 15 is 0 Å². The van der Waals surface area contributed by atoms with Crippen molar-refractivity contribution < 1.29 is 22.7 Å². The molecule has 6 nitrogen and oxygen atoms in total. The number of nitrogens with zero attached hydrogens (tertiary/aromatic N) is 1. The zero-order valence-corrected chi connectivity index (χ0v) is 27.0. The standard InChI is InChI=1S/C32H41Cl2NO5S/c1-7-26(15-16-41(37,38)21(2)3)35-29(22-11-13-24(33)14-12-22)28(23-9-8-10-25(34)17-23)19-32(6,30(35)36)18-27-20-39-31(4,5)40-27/h8-17,21,26-29H,7,18-20H2,1-6H3/b16-15+/t26-,27?,28?,29+,32-/m0/s1. The molecule has 0 spiro atoms. The molecule has 0 aliphatic carbocycles. The molecule has 2 unspecified atom stereocenters. The van der Waals surface area contributed by atoms with Crippen molar-refractivity contribution >= 4 is 38.9 Å². The lowest BCUT2D eigenvalue weighted by Gasteiger charge is -2.52. The number of hydrogen-bond donors (Lipinski definition) is 0. The summed E-state index contributed by atoms with van der Waals surface area (Å²) >= 11 is 12.8. The van der Waals surface area contributed by atoms with Gasteiger partial charge in [-0.2, -0.15) is 0 Å². The number of rotatable bonds is 9. The number of sulfone groups is 1. The van der Waals surface area contributed by atoms with Crippen LogP contribution in [0.15, 0.2) is 60.0 Å². The topological polar surface area (TPSA) is 72.9 Å². The van der Waals surface area contributed by atoms with Crippen molar-refractivity contribution in [1.29, 1.82) is 0 Å². The van der Waals surface area contributed by atoms with Crippen LogP contribution in [0.25, 0.3) is 0 Å². The van der Waals surface area contributed by atoms with Gasteiger partial charge < -0.3 is 14.4 Å². The molecule has 2 aliphatic rings. The summed E-state index contributed by atoms with van der Waals surface area (Å²) < 4.78 is 37.6. The van der Waals surface area contributed by atoms with Gasteiger partial charge in [0.25, 0.3) is 0 Å². The lowest BCUT2D eigenvalue weighted by Crippen LogP contribution is -2.56. The van der Waals surface area contributed by atoms with Gasteiger partial charge in [0.15, 0.2) is 15.6 Å². The third-order valence-electron chi connectivity index (χ3n) is 8.26. The van der Waals surface area contributed by atoms with Crippen molar-refractivity contribution in [2.24, 2.45) is 5.41 Å². The minimum Gasteiger partial charge on any atom is -0.348 e. The van der Waals surface area contributed by atoms with Crippen LogP contribution in [0.4, 0.5) is 0 Å². The predicted octanol–water partition coefficient (Wildman–Crippen LogP) is 7.71. The zero-order valence-electron chi connectivity index (χ0n) is 24.6. The first-order chi connectivity index (χ1) is 19.2. The van der Waals surface area contributed by atoms with Crippen molar-refractivity contribution in [3.8, 4) is 0 Å². The molecule has 1 amide bonds. The van der Waals surface area contributed by atoms with Crippen molar-refractivity contribution in [3.05, 3.63) is 81.2 Å². The van der Waals surface area contributed by atoms with Crippen LogP contribution in [0.2, 0.25) is 10.0 Å². The molecular formula is C32H41Cl2NO5S. The van der Waals surface area contributed by atoms with Crippen LogP contribution in [0, 0.1) is 5.41 Å². The second kappa shape index (κ2) is 12.4. The van der Waals surface area contributed by atoms with Gasteiger partial charge in [0.05, 0.1) is 30.0 Å². The van der Waals surface area contributed by atoms with Gasteiger partial charge in [0.1, 0.15) is 0 Å². The lowest BCUT2D eigenvalue weighted by molar-refractivity contribution is -0.161. The van der Waals surface area contributed by atoms with Crippen molar-refractivity contribution in [3.63, 3.8) is 0 Å². The van der Waals surface area contributed by atoms with Crippen LogP contribution < -0.4 is 0 Å². The Bertz CT molecular complexity index is 1370. The molecule has 2 saturated heterocycles. The van der Waals surface area contributed by atoms with Crippen molar-refractivity contribution in [2.75, 3.05) is 6.61 Å². The molecule has 0 saturated carbocycles. The monoisotopic (exact) mass is 621 g/mol. The van der Waals surface area contributed by atoms with E-state index < -0.39 is 32.3 Å². The second-order valence-corrected chi connectivity index (χ2v) is 15.5. The van der Waals surface area contributed by atoms with Crippen LogP contribution in [0.3, 0.4) is 0 Å². The van der Waals surface area contributed by atoms with Gasteiger partial charge in [-0.25, -0.2) is 8.42 Å². The molecule has 224 valence electrons. The number of carbonyl (C=O) groups excluding carboxylic acids is 1. The van der Waals surface area contributed by atoms with Gasteiger partial charge in [-0.1, -0.05) is 67.4 Å². The highest BCUT2D eigenvalue weighted by atomic mass is 35.5. The SMILES string of the molecule is CC[C@@H](/C=C/S(=O)(=O)C(C)C)N1C(=O)[C@@](C)(CC2COC(C)(C)O2)CC(c2cccc(Cl)c2)[C@H]1c1ccc(Cl)cc1. The third kappa shape index (κ3) is 7.19. The summed E-state index contributed by atoms with van der Waals surface area (Å²) in [5.41, 5.74) is 1.14. The van der Waals surface area contributed by atoms with E-state index in [0.717, 1.165) is 11.1 Å². The van der Waals surface area contributed by atoms with E-state index in [-0.39, 0.29) is 24.0 Å². The molecule has 9 heteroatoms. The maximum atomic E-state index is 14.7. The van der Waals surface area contributed by atoms with Crippen molar-refractivity contribution in [1.82, 2.24) is 4.90 Å². The van der Waals surface area contributed by atoms with E-state index in [1.165, 1.54) is 5.41 Å². The molecule has 2 aliphatic heterocycles. The minimum absolute atomic E-state index is 0.0394. The van der Waals surface area contributed by atoms with Crippen LogP contribution in [0.5, 0.6) is 0 Å². The maximum absolute atomic E-state index is 14.7. The van der Waals surface area contributed by atoms with Gasteiger partial charge in [-0.3, -0.25) is 4.79 Å².